The first kappa shape index (κ1) is 19.6. The molecule has 7 heteroatoms. The van der Waals surface area contributed by atoms with Crippen LogP contribution in [0.5, 0.6) is 0 Å². The van der Waals surface area contributed by atoms with E-state index in [0.29, 0.717) is 36.2 Å². The highest BCUT2D eigenvalue weighted by Crippen LogP contribution is 2.23. The SMILES string of the molecule is O=C(Cc1ccc(F)cc1)N1CCN(C(=O)Cc2ccc(Cl)c(Cl)c2)CC1. The predicted octanol–water partition coefficient (Wildman–Crippen LogP) is 3.59. The number of carbonyl (C=O) groups is 2. The minimum absolute atomic E-state index is 0.000905. The van der Waals surface area contributed by atoms with Crippen LogP contribution in [0.25, 0.3) is 0 Å². The van der Waals surface area contributed by atoms with Crippen LogP contribution in [-0.2, 0) is 22.4 Å². The summed E-state index contributed by atoms with van der Waals surface area (Å²) in [6.45, 7) is 1.98. The highest BCUT2D eigenvalue weighted by Gasteiger charge is 2.24. The van der Waals surface area contributed by atoms with Crippen molar-refractivity contribution in [2.24, 2.45) is 0 Å². The van der Waals surface area contributed by atoms with Gasteiger partial charge in [-0.15, -0.1) is 0 Å². The zero-order valence-corrected chi connectivity index (χ0v) is 16.1. The summed E-state index contributed by atoms with van der Waals surface area (Å²) in [5, 5.41) is 0.888. The van der Waals surface area contributed by atoms with Gasteiger partial charge in [0.25, 0.3) is 0 Å². The normalized spacial score (nSPS) is 14.3. The molecule has 0 saturated carbocycles. The van der Waals surface area contributed by atoms with Gasteiger partial charge in [-0.3, -0.25) is 9.59 Å². The number of piperazine rings is 1. The van der Waals surface area contributed by atoms with Crippen molar-refractivity contribution < 1.29 is 14.0 Å². The van der Waals surface area contributed by atoms with Crippen molar-refractivity contribution in [1.82, 2.24) is 9.80 Å². The number of nitrogens with zero attached hydrogens (tertiary/aromatic N) is 2. The van der Waals surface area contributed by atoms with Crippen LogP contribution in [0.1, 0.15) is 11.1 Å². The highest BCUT2D eigenvalue weighted by atomic mass is 35.5. The van der Waals surface area contributed by atoms with Gasteiger partial charge < -0.3 is 9.80 Å². The predicted molar refractivity (Wildman–Crippen MR) is 103 cm³/mol. The molecule has 1 fully saturated rings. The van der Waals surface area contributed by atoms with Crippen molar-refractivity contribution in [3.8, 4) is 0 Å². The van der Waals surface area contributed by atoms with Crippen LogP contribution in [0.3, 0.4) is 0 Å². The largest absolute Gasteiger partial charge is 0.339 e. The lowest BCUT2D eigenvalue weighted by molar-refractivity contribution is -0.138. The second kappa shape index (κ2) is 8.72. The van der Waals surface area contributed by atoms with Gasteiger partial charge in [0.1, 0.15) is 5.82 Å². The van der Waals surface area contributed by atoms with Gasteiger partial charge >= 0.3 is 0 Å². The standard InChI is InChI=1S/C20H19Cl2FN2O2/c21-17-6-3-15(11-18(17)22)13-20(27)25-9-7-24(8-10-25)19(26)12-14-1-4-16(23)5-2-14/h1-6,11H,7-10,12-13H2. The monoisotopic (exact) mass is 408 g/mol. The number of hydrogen-bond acceptors (Lipinski definition) is 2. The molecule has 3 rings (SSSR count). The Hall–Kier alpha value is -2.11. The first-order valence-corrected chi connectivity index (χ1v) is 9.42. The Labute approximate surface area is 167 Å². The van der Waals surface area contributed by atoms with Crippen LogP contribution in [0.2, 0.25) is 10.0 Å². The van der Waals surface area contributed by atoms with Crippen molar-refractivity contribution in [3.05, 3.63) is 69.5 Å². The third-order valence-corrected chi connectivity index (χ3v) is 5.33. The van der Waals surface area contributed by atoms with Crippen molar-refractivity contribution in [3.63, 3.8) is 0 Å². The van der Waals surface area contributed by atoms with E-state index in [0.717, 1.165) is 11.1 Å². The van der Waals surface area contributed by atoms with Crippen molar-refractivity contribution in [2.45, 2.75) is 12.8 Å². The van der Waals surface area contributed by atoms with Gasteiger partial charge in [0.2, 0.25) is 11.8 Å². The molecule has 1 aliphatic heterocycles. The van der Waals surface area contributed by atoms with Crippen LogP contribution >= 0.6 is 23.2 Å². The molecule has 2 aromatic carbocycles. The van der Waals surface area contributed by atoms with Crippen LogP contribution in [0.4, 0.5) is 4.39 Å². The van der Waals surface area contributed by atoms with E-state index in [2.05, 4.69) is 0 Å². The fourth-order valence-electron chi connectivity index (χ4n) is 3.03. The van der Waals surface area contributed by atoms with E-state index >= 15 is 0 Å². The van der Waals surface area contributed by atoms with Crippen LogP contribution in [-0.4, -0.2) is 47.8 Å². The zero-order chi connectivity index (χ0) is 19.4. The van der Waals surface area contributed by atoms with Crippen molar-refractivity contribution in [2.75, 3.05) is 26.2 Å². The summed E-state index contributed by atoms with van der Waals surface area (Å²) in [5.41, 5.74) is 1.59. The Morgan fingerprint density at radius 1 is 0.778 bits per heavy atom. The van der Waals surface area contributed by atoms with E-state index in [1.807, 2.05) is 0 Å². The molecule has 0 atom stereocenters. The molecular formula is C20H19Cl2FN2O2. The molecule has 0 aromatic heterocycles. The van der Waals surface area contributed by atoms with E-state index in [1.165, 1.54) is 12.1 Å². The second-order valence-corrected chi connectivity index (χ2v) is 7.30. The number of rotatable bonds is 4. The molecule has 27 heavy (non-hydrogen) atoms. The Balaban J connectivity index is 1.50. The Kier molecular flexibility index (Phi) is 6.34. The first-order valence-electron chi connectivity index (χ1n) is 8.66. The topological polar surface area (TPSA) is 40.6 Å². The number of amides is 2. The first-order chi connectivity index (χ1) is 12.9. The maximum atomic E-state index is 12.9. The van der Waals surface area contributed by atoms with Gasteiger partial charge in [-0.05, 0) is 35.4 Å². The minimum Gasteiger partial charge on any atom is -0.339 e. The van der Waals surface area contributed by atoms with Gasteiger partial charge in [0, 0.05) is 26.2 Å². The fourth-order valence-corrected chi connectivity index (χ4v) is 3.35. The molecule has 2 amide bonds. The summed E-state index contributed by atoms with van der Waals surface area (Å²) in [5.74, 6) is -0.336. The summed E-state index contributed by atoms with van der Waals surface area (Å²) >= 11 is 11.9. The summed E-state index contributed by atoms with van der Waals surface area (Å²) in [7, 11) is 0. The van der Waals surface area contributed by atoms with E-state index in [1.54, 1.807) is 40.1 Å². The lowest BCUT2D eigenvalue weighted by Crippen LogP contribution is -2.51. The Bertz CT molecular complexity index is 834. The number of benzene rings is 2. The van der Waals surface area contributed by atoms with Gasteiger partial charge in [-0.25, -0.2) is 4.39 Å². The number of carbonyl (C=O) groups excluding carboxylic acids is 2. The average Bonchev–Trinajstić information content (AvgIpc) is 2.66. The fraction of sp³-hybridized carbons (Fsp3) is 0.300. The van der Waals surface area contributed by atoms with Crippen molar-refractivity contribution >= 4 is 35.0 Å². The number of halogens is 3. The smallest absolute Gasteiger partial charge is 0.227 e. The van der Waals surface area contributed by atoms with Gasteiger partial charge in [0.05, 0.1) is 22.9 Å². The summed E-state index contributed by atoms with van der Waals surface area (Å²) in [6, 6.07) is 11.1. The summed E-state index contributed by atoms with van der Waals surface area (Å²) in [4.78, 5) is 28.4. The minimum atomic E-state index is -0.319. The number of hydrogen-bond donors (Lipinski definition) is 0. The second-order valence-electron chi connectivity index (χ2n) is 6.49. The lowest BCUT2D eigenvalue weighted by atomic mass is 10.1. The third kappa shape index (κ3) is 5.21. The van der Waals surface area contributed by atoms with Crippen LogP contribution in [0.15, 0.2) is 42.5 Å². The molecule has 4 nitrogen and oxygen atoms in total. The molecule has 0 radical (unpaired) electrons. The van der Waals surface area contributed by atoms with Gasteiger partial charge in [-0.2, -0.15) is 0 Å². The molecule has 0 bridgehead atoms. The average molecular weight is 409 g/mol. The van der Waals surface area contributed by atoms with E-state index < -0.39 is 0 Å². The molecule has 0 spiro atoms. The molecule has 1 saturated heterocycles. The quantitative estimate of drug-likeness (QED) is 0.775. The molecule has 0 unspecified atom stereocenters. The maximum absolute atomic E-state index is 12.9. The Morgan fingerprint density at radius 3 is 1.78 bits per heavy atom. The molecular weight excluding hydrogens is 390 g/mol. The molecule has 142 valence electrons. The molecule has 1 heterocycles. The Morgan fingerprint density at radius 2 is 1.26 bits per heavy atom. The van der Waals surface area contributed by atoms with Gasteiger partial charge in [-0.1, -0.05) is 41.4 Å². The summed E-state index contributed by atoms with van der Waals surface area (Å²) < 4.78 is 12.9. The molecule has 0 aliphatic carbocycles. The zero-order valence-electron chi connectivity index (χ0n) is 14.6. The van der Waals surface area contributed by atoms with E-state index in [9.17, 15) is 14.0 Å². The van der Waals surface area contributed by atoms with E-state index in [4.69, 9.17) is 23.2 Å². The summed E-state index contributed by atoms with van der Waals surface area (Å²) in [6.07, 6.45) is 0.484. The molecule has 2 aromatic rings. The molecule has 0 N–H and O–H groups in total. The van der Waals surface area contributed by atoms with E-state index in [-0.39, 0.29) is 30.5 Å². The maximum Gasteiger partial charge on any atom is 0.227 e. The van der Waals surface area contributed by atoms with Crippen LogP contribution < -0.4 is 0 Å². The lowest BCUT2D eigenvalue weighted by Gasteiger charge is -2.35. The molecule has 1 aliphatic rings. The van der Waals surface area contributed by atoms with Crippen LogP contribution in [0, 0.1) is 5.82 Å². The highest BCUT2D eigenvalue weighted by molar-refractivity contribution is 6.42. The van der Waals surface area contributed by atoms with Crippen molar-refractivity contribution in [1.29, 1.82) is 0 Å². The third-order valence-electron chi connectivity index (χ3n) is 4.59. The van der Waals surface area contributed by atoms with Gasteiger partial charge in [0.15, 0.2) is 0 Å².